The van der Waals surface area contributed by atoms with E-state index in [1.165, 1.54) is 39.5 Å². The number of aliphatic hydroxyl groups is 5. The first-order valence-electron chi connectivity index (χ1n) is 8.35. The van der Waals surface area contributed by atoms with Crippen molar-refractivity contribution in [3.8, 4) is 0 Å². The zero-order chi connectivity index (χ0) is 20.0. The van der Waals surface area contributed by atoms with Gasteiger partial charge in [-0.1, -0.05) is 41.6 Å². The van der Waals surface area contributed by atoms with Gasteiger partial charge in [-0.2, -0.15) is 5.10 Å². The van der Waals surface area contributed by atoms with Gasteiger partial charge < -0.3 is 25.5 Å². The Hall–Kier alpha value is -1.16. The highest BCUT2D eigenvalue weighted by atomic mass is 32.2. The lowest BCUT2D eigenvalue weighted by molar-refractivity contribution is -0.286. The van der Waals surface area contributed by atoms with Crippen molar-refractivity contribution in [2.75, 3.05) is 6.61 Å². The molecule has 0 radical (unpaired) electrons. The third kappa shape index (κ3) is 3.26. The lowest BCUT2D eigenvalue weighted by Gasteiger charge is -2.53. The second-order valence-corrected chi connectivity index (χ2v) is 8.73. The predicted octanol–water partition coefficient (Wildman–Crippen LogP) is 0.315. The molecule has 7 nitrogen and oxygen atoms in total. The molecule has 0 saturated heterocycles. The Kier molecular flexibility index (Phi) is 5.51. The number of hydrazone groups is 1. The van der Waals surface area contributed by atoms with Crippen LogP contribution in [0.25, 0.3) is 0 Å². The second-order valence-electron chi connectivity index (χ2n) is 7.63. The van der Waals surface area contributed by atoms with Crippen molar-refractivity contribution in [1.29, 1.82) is 0 Å². The van der Waals surface area contributed by atoms with E-state index in [-0.39, 0.29) is 0 Å². The highest BCUT2D eigenvalue weighted by Crippen LogP contribution is 2.44. The number of nitrogens with zero attached hydrogens (tertiary/aromatic N) is 1. The van der Waals surface area contributed by atoms with Crippen LogP contribution >= 0.6 is 11.8 Å². The Balaban J connectivity index is 2.26. The average Bonchev–Trinajstić information content (AvgIpc) is 3.05. The van der Waals surface area contributed by atoms with Gasteiger partial charge in [0.1, 0.15) is 32.8 Å². The number of aliphatic hydroxyl groups excluding tert-OH is 1. The van der Waals surface area contributed by atoms with Crippen molar-refractivity contribution in [2.45, 2.75) is 62.4 Å². The minimum atomic E-state index is -2.22. The maximum Gasteiger partial charge on any atom is 0.127 e. The van der Waals surface area contributed by atoms with Crippen LogP contribution in [-0.4, -0.2) is 65.0 Å². The van der Waals surface area contributed by atoms with Gasteiger partial charge in [0, 0.05) is 5.56 Å². The molecule has 0 aromatic heterocycles. The predicted molar refractivity (Wildman–Crippen MR) is 102 cm³/mol. The van der Waals surface area contributed by atoms with E-state index in [0.29, 0.717) is 5.04 Å². The van der Waals surface area contributed by atoms with E-state index >= 15 is 0 Å². The quantitative estimate of drug-likeness (QED) is 0.417. The van der Waals surface area contributed by atoms with Crippen molar-refractivity contribution < 1.29 is 25.5 Å². The third-order valence-corrected chi connectivity index (χ3v) is 6.96. The monoisotopic (exact) mass is 384 g/mol. The number of thioether (sulfide) groups is 1. The Morgan fingerprint density at radius 1 is 1.00 bits per heavy atom. The second kappa shape index (κ2) is 6.78. The number of benzene rings is 1. The van der Waals surface area contributed by atoms with Gasteiger partial charge in [-0.05, 0) is 34.6 Å². The Bertz CT molecular complexity index is 683. The molecule has 0 fully saturated rings. The molecule has 1 aliphatic rings. The molecule has 1 aromatic rings. The summed E-state index contributed by atoms with van der Waals surface area (Å²) < 4.78 is 0. The molecule has 0 aliphatic carbocycles. The summed E-state index contributed by atoms with van der Waals surface area (Å²) in [5.74, 6) is 0. The molecule has 0 bridgehead atoms. The fraction of sp³-hybridized carbons (Fsp3) is 0.611. The van der Waals surface area contributed by atoms with Gasteiger partial charge >= 0.3 is 0 Å². The lowest BCUT2D eigenvalue weighted by Crippen LogP contribution is -2.75. The molecule has 0 saturated carbocycles. The number of aryl methyl sites for hydroxylation is 1. The van der Waals surface area contributed by atoms with Gasteiger partial charge in [-0.15, -0.1) is 0 Å². The minimum absolute atomic E-state index is 0.639. The molecule has 6 N–H and O–H groups in total. The Morgan fingerprint density at radius 3 is 2.04 bits per heavy atom. The number of hydrogen-bond donors (Lipinski definition) is 6. The topological polar surface area (TPSA) is 126 Å². The van der Waals surface area contributed by atoms with Crippen molar-refractivity contribution in [1.82, 2.24) is 5.43 Å². The number of nitrogens with one attached hydrogen (secondary N) is 1. The van der Waals surface area contributed by atoms with Crippen LogP contribution in [0.4, 0.5) is 0 Å². The SMILES string of the molecule is Cc1ccc(C2=NNC(C(C)(O)C(C)(O)C(C)(O)C(C)(O)CO)S2)cc1. The number of hydrogen-bond acceptors (Lipinski definition) is 8. The zero-order valence-corrected chi connectivity index (χ0v) is 16.5. The molecular weight excluding hydrogens is 356 g/mol. The van der Waals surface area contributed by atoms with E-state index in [2.05, 4.69) is 10.5 Å². The van der Waals surface area contributed by atoms with Crippen molar-refractivity contribution in [2.24, 2.45) is 5.10 Å². The highest BCUT2D eigenvalue weighted by molar-refractivity contribution is 8.15. The number of rotatable bonds is 6. The molecule has 26 heavy (non-hydrogen) atoms. The van der Waals surface area contributed by atoms with Gasteiger partial charge in [0.05, 0.1) is 6.61 Å². The maximum absolute atomic E-state index is 11.1. The van der Waals surface area contributed by atoms with E-state index in [1.54, 1.807) is 0 Å². The summed E-state index contributed by atoms with van der Waals surface area (Å²) in [6, 6.07) is 7.71. The summed E-state index contributed by atoms with van der Waals surface area (Å²) >= 11 is 1.21. The lowest BCUT2D eigenvalue weighted by atomic mass is 9.66. The molecule has 2 rings (SSSR count). The van der Waals surface area contributed by atoms with Crippen LogP contribution in [0.1, 0.15) is 38.8 Å². The molecule has 0 amide bonds. The van der Waals surface area contributed by atoms with Crippen LogP contribution < -0.4 is 5.43 Å². The molecule has 5 unspecified atom stereocenters. The fourth-order valence-electron chi connectivity index (χ4n) is 2.78. The Labute approximate surface area is 157 Å². The first-order chi connectivity index (χ1) is 11.8. The Morgan fingerprint density at radius 2 is 1.54 bits per heavy atom. The molecular formula is C18H28N2O5S. The van der Waals surface area contributed by atoms with Crippen molar-refractivity contribution in [3.05, 3.63) is 35.4 Å². The highest BCUT2D eigenvalue weighted by Gasteiger charge is 2.64. The third-order valence-electron chi connectivity index (χ3n) is 5.61. The van der Waals surface area contributed by atoms with E-state index in [1.807, 2.05) is 31.2 Å². The molecule has 146 valence electrons. The van der Waals surface area contributed by atoms with Crippen LogP contribution in [0.5, 0.6) is 0 Å². The van der Waals surface area contributed by atoms with E-state index in [4.69, 9.17) is 0 Å². The standard InChI is InChI=1S/C18H28N2O5S/c1-11-6-8-12(9-7-11)13-19-20-14(26-13)16(3,23)18(5,25)17(4,24)15(2,22)10-21/h6-9,14,20-25H,10H2,1-5H3. The smallest absolute Gasteiger partial charge is 0.127 e. The summed E-state index contributed by atoms with van der Waals surface area (Å²) in [6.45, 7) is 6.14. The van der Waals surface area contributed by atoms with E-state index in [0.717, 1.165) is 11.1 Å². The van der Waals surface area contributed by atoms with Gasteiger partial charge in [0.15, 0.2) is 0 Å². The summed E-state index contributed by atoms with van der Waals surface area (Å²) in [5, 5.41) is 56.7. The first-order valence-corrected chi connectivity index (χ1v) is 9.23. The van der Waals surface area contributed by atoms with Crippen LogP contribution in [0.3, 0.4) is 0 Å². The largest absolute Gasteiger partial charge is 0.393 e. The molecule has 8 heteroatoms. The van der Waals surface area contributed by atoms with Crippen molar-refractivity contribution >= 4 is 16.8 Å². The average molecular weight is 384 g/mol. The van der Waals surface area contributed by atoms with Crippen LogP contribution in [0.15, 0.2) is 29.4 Å². The van der Waals surface area contributed by atoms with E-state index in [9.17, 15) is 25.5 Å². The molecule has 1 heterocycles. The van der Waals surface area contributed by atoms with Crippen LogP contribution in [0, 0.1) is 6.92 Å². The molecule has 1 aliphatic heterocycles. The van der Waals surface area contributed by atoms with Crippen molar-refractivity contribution in [3.63, 3.8) is 0 Å². The summed E-state index contributed by atoms with van der Waals surface area (Å²) in [4.78, 5) is 0. The minimum Gasteiger partial charge on any atom is -0.393 e. The van der Waals surface area contributed by atoms with E-state index < -0.39 is 34.4 Å². The fourth-order valence-corrected chi connectivity index (χ4v) is 3.94. The molecule has 1 aromatic carbocycles. The van der Waals surface area contributed by atoms with Gasteiger partial charge in [-0.3, -0.25) is 5.43 Å². The molecule has 0 spiro atoms. The van der Waals surface area contributed by atoms with Crippen LogP contribution in [0.2, 0.25) is 0 Å². The van der Waals surface area contributed by atoms with Gasteiger partial charge in [-0.25, -0.2) is 0 Å². The summed E-state index contributed by atoms with van der Waals surface area (Å²) in [5.41, 5.74) is -3.58. The molecule has 5 atom stereocenters. The maximum atomic E-state index is 11.1. The van der Waals surface area contributed by atoms with Crippen LogP contribution in [-0.2, 0) is 0 Å². The zero-order valence-electron chi connectivity index (χ0n) is 15.7. The summed E-state index contributed by atoms with van der Waals surface area (Å²) in [6.07, 6.45) is 0. The first kappa shape index (κ1) is 21.1. The summed E-state index contributed by atoms with van der Waals surface area (Å²) in [7, 11) is 0. The van der Waals surface area contributed by atoms with Gasteiger partial charge in [0.25, 0.3) is 0 Å². The van der Waals surface area contributed by atoms with Gasteiger partial charge in [0.2, 0.25) is 0 Å². The normalized spacial score (nSPS) is 26.7.